The van der Waals surface area contributed by atoms with Gasteiger partial charge in [0.2, 0.25) is 0 Å². The summed E-state index contributed by atoms with van der Waals surface area (Å²) in [5, 5.41) is 3.26. The first-order valence-electron chi connectivity index (χ1n) is 6.21. The zero-order valence-corrected chi connectivity index (χ0v) is 10.1. The van der Waals surface area contributed by atoms with Crippen LogP contribution < -0.4 is 5.32 Å². The summed E-state index contributed by atoms with van der Waals surface area (Å²) >= 11 is 0. The Bertz CT molecular complexity index is 443. The van der Waals surface area contributed by atoms with Crippen molar-refractivity contribution in [2.45, 2.75) is 5.54 Å². The van der Waals surface area contributed by atoms with Gasteiger partial charge in [0.15, 0.2) is 0 Å². The highest BCUT2D eigenvalue weighted by atomic mass is 19.1. The number of nitrogens with zero attached hydrogens (tertiary/aromatic N) is 1. The van der Waals surface area contributed by atoms with Crippen LogP contribution in [0.1, 0.15) is 5.56 Å². The van der Waals surface area contributed by atoms with Crippen LogP contribution in [0.15, 0.2) is 18.2 Å². The Kier molecular flexibility index (Phi) is 3.05. The van der Waals surface area contributed by atoms with Gasteiger partial charge in [-0.3, -0.25) is 4.90 Å². The average Bonchev–Trinajstić information content (AvgIpc) is 2.34. The second kappa shape index (κ2) is 4.57. The van der Waals surface area contributed by atoms with Crippen LogP contribution in [0.4, 0.5) is 8.78 Å². The topological polar surface area (TPSA) is 24.5 Å². The maximum atomic E-state index is 14.0. The van der Waals surface area contributed by atoms with Gasteiger partial charge in [0.05, 0.1) is 18.8 Å². The van der Waals surface area contributed by atoms with Gasteiger partial charge < -0.3 is 10.1 Å². The molecule has 0 radical (unpaired) electrons. The zero-order chi connectivity index (χ0) is 12.6. The van der Waals surface area contributed by atoms with Gasteiger partial charge in [-0.1, -0.05) is 0 Å². The summed E-state index contributed by atoms with van der Waals surface area (Å²) in [7, 11) is 0. The third-order valence-corrected chi connectivity index (χ3v) is 3.83. The summed E-state index contributed by atoms with van der Waals surface area (Å²) in [5.74, 6) is -0.744. The lowest BCUT2D eigenvalue weighted by atomic mass is 9.85. The van der Waals surface area contributed by atoms with Crippen molar-refractivity contribution in [2.75, 3.05) is 39.4 Å². The number of benzene rings is 1. The van der Waals surface area contributed by atoms with E-state index in [-0.39, 0.29) is 5.82 Å². The van der Waals surface area contributed by atoms with Gasteiger partial charge in [-0.25, -0.2) is 8.78 Å². The van der Waals surface area contributed by atoms with Gasteiger partial charge in [-0.05, 0) is 18.2 Å². The molecule has 0 atom stereocenters. The number of halogens is 2. The Morgan fingerprint density at radius 2 is 1.89 bits per heavy atom. The second-order valence-electron chi connectivity index (χ2n) is 4.89. The second-order valence-corrected chi connectivity index (χ2v) is 4.89. The van der Waals surface area contributed by atoms with Crippen molar-refractivity contribution in [1.82, 2.24) is 10.2 Å². The number of piperazine rings is 1. The van der Waals surface area contributed by atoms with Gasteiger partial charge in [-0.15, -0.1) is 0 Å². The van der Waals surface area contributed by atoms with Crippen molar-refractivity contribution in [3.63, 3.8) is 0 Å². The quantitative estimate of drug-likeness (QED) is 0.855. The molecular weight excluding hydrogens is 238 g/mol. The monoisotopic (exact) mass is 254 g/mol. The van der Waals surface area contributed by atoms with Crippen LogP contribution in [0.25, 0.3) is 0 Å². The predicted octanol–water partition coefficient (Wildman–Crippen LogP) is 1.10. The van der Waals surface area contributed by atoms with Crippen molar-refractivity contribution < 1.29 is 13.5 Å². The lowest BCUT2D eigenvalue weighted by molar-refractivity contribution is -0.151. The molecule has 1 aromatic carbocycles. The van der Waals surface area contributed by atoms with E-state index < -0.39 is 11.4 Å². The SMILES string of the molecule is Fc1ccc(F)c(C2(N3CCNCC3)COC2)c1. The first-order valence-corrected chi connectivity index (χ1v) is 6.21. The van der Waals surface area contributed by atoms with Crippen LogP contribution in [0, 0.1) is 11.6 Å². The number of hydrogen-bond donors (Lipinski definition) is 1. The van der Waals surface area contributed by atoms with E-state index in [0.29, 0.717) is 18.8 Å². The number of rotatable bonds is 2. The van der Waals surface area contributed by atoms with E-state index in [1.165, 1.54) is 12.1 Å². The standard InChI is InChI=1S/C13H16F2N2O/c14-10-1-2-12(15)11(7-10)13(8-18-9-13)17-5-3-16-4-6-17/h1-2,7,16H,3-6,8-9H2. The number of ether oxygens (including phenoxy) is 1. The summed E-state index contributed by atoms with van der Waals surface area (Å²) < 4.78 is 32.6. The van der Waals surface area contributed by atoms with Crippen molar-refractivity contribution in [2.24, 2.45) is 0 Å². The Balaban J connectivity index is 1.97. The molecule has 1 N–H and O–H groups in total. The summed E-state index contributed by atoms with van der Waals surface area (Å²) in [6.45, 7) is 4.29. The van der Waals surface area contributed by atoms with Crippen LogP contribution in [0.2, 0.25) is 0 Å². The Morgan fingerprint density at radius 3 is 2.50 bits per heavy atom. The maximum Gasteiger partial charge on any atom is 0.128 e. The normalized spacial score (nSPS) is 23.7. The van der Waals surface area contributed by atoms with E-state index in [0.717, 1.165) is 32.2 Å². The molecule has 0 aliphatic carbocycles. The molecule has 3 nitrogen and oxygen atoms in total. The zero-order valence-electron chi connectivity index (χ0n) is 10.1. The van der Waals surface area contributed by atoms with Crippen LogP contribution in [-0.4, -0.2) is 44.3 Å². The molecule has 2 saturated heterocycles. The highest BCUT2D eigenvalue weighted by molar-refractivity contribution is 5.30. The maximum absolute atomic E-state index is 14.0. The van der Waals surface area contributed by atoms with E-state index >= 15 is 0 Å². The smallest absolute Gasteiger partial charge is 0.128 e. The van der Waals surface area contributed by atoms with Crippen molar-refractivity contribution in [3.05, 3.63) is 35.4 Å². The van der Waals surface area contributed by atoms with Crippen LogP contribution in [-0.2, 0) is 10.3 Å². The molecule has 3 rings (SSSR count). The van der Waals surface area contributed by atoms with Gasteiger partial charge in [0.25, 0.3) is 0 Å². The van der Waals surface area contributed by atoms with Gasteiger partial charge >= 0.3 is 0 Å². The molecule has 18 heavy (non-hydrogen) atoms. The summed E-state index contributed by atoms with van der Waals surface area (Å²) in [6.07, 6.45) is 0. The Labute approximate surface area is 105 Å². The fourth-order valence-electron chi connectivity index (χ4n) is 2.75. The van der Waals surface area contributed by atoms with Crippen LogP contribution in [0.3, 0.4) is 0 Å². The third kappa shape index (κ3) is 1.83. The average molecular weight is 254 g/mol. The predicted molar refractivity (Wildman–Crippen MR) is 63.3 cm³/mol. The van der Waals surface area contributed by atoms with Crippen LogP contribution in [0.5, 0.6) is 0 Å². The lowest BCUT2D eigenvalue weighted by Crippen LogP contribution is -2.63. The Hall–Kier alpha value is -1.04. The molecule has 98 valence electrons. The lowest BCUT2D eigenvalue weighted by Gasteiger charge is -2.51. The fourth-order valence-corrected chi connectivity index (χ4v) is 2.75. The summed E-state index contributed by atoms with van der Waals surface area (Å²) in [5.41, 5.74) is -0.0514. The van der Waals surface area contributed by atoms with Crippen molar-refractivity contribution in [3.8, 4) is 0 Å². The first kappa shape index (κ1) is 12.0. The molecule has 2 aliphatic heterocycles. The van der Waals surface area contributed by atoms with E-state index in [4.69, 9.17) is 4.74 Å². The summed E-state index contributed by atoms with van der Waals surface area (Å²) in [6, 6.07) is 3.66. The third-order valence-electron chi connectivity index (χ3n) is 3.83. The highest BCUT2D eigenvalue weighted by Crippen LogP contribution is 2.37. The summed E-state index contributed by atoms with van der Waals surface area (Å²) in [4.78, 5) is 2.20. The molecule has 0 aromatic heterocycles. The van der Waals surface area contributed by atoms with E-state index in [1.807, 2.05) is 0 Å². The molecule has 0 saturated carbocycles. The minimum atomic E-state index is -0.478. The fraction of sp³-hybridized carbons (Fsp3) is 0.538. The molecule has 0 spiro atoms. The minimum Gasteiger partial charge on any atom is -0.377 e. The van der Waals surface area contributed by atoms with Crippen LogP contribution >= 0.6 is 0 Å². The van der Waals surface area contributed by atoms with E-state index in [9.17, 15) is 8.78 Å². The molecule has 5 heteroatoms. The van der Waals surface area contributed by atoms with Crippen molar-refractivity contribution in [1.29, 1.82) is 0 Å². The molecule has 1 aromatic rings. The molecule has 0 unspecified atom stereocenters. The molecule has 2 fully saturated rings. The number of nitrogens with one attached hydrogen (secondary N) is 1. The molecule has 2 heterocycles. The van der Waals surface area contributed by atoms with Crippen molar-refractivity contribution >= 4 is 0 Å². The highest BCUT2D eigenvalue weighted by Gasteiger charge is 2.47. The Morgan fingerprint density at radius 1 is 1.17 bits per heavy atom. The largest absolute Gasteiger partial charge is 0.377 e. The minimum absolute atomic E-state index is 0.349. The molecule has 0 bridgehead atoms. The first-order chi connectivity index (χ1) is 8.72. The molecule has 2 aliphatic rings. The van der Waals surface area contributed by atoms with Gasteiger partial charge in [0.1, 0.15) is 11.6 Å². The molecular formula is C13H16F2N2O. The van der Waals surface area contributed by atoms with Gasteiger partial charge in [0, 0.05) is 31.7 Å². The molecule has 0 amide bonds. The number of hydrogen-bond acceptors (Lipinski definition) is 3. The van der Waals surface area contributed by atoms with E-state index in [2.05, 4.69) is 10.2 Å². The van der Waals surface area contributed by atoms with Gasteiger partial charge in [-0.2, -0.15) is 0 Å². The van der Waals surface area contributed by atoms with E-state index in [1.54, 1.807) is 0 Å².